The van der Waals surface area contributed by atoms with Gasteiger partial charge in [0.2, 0.25) is 0 Å². The lowest BCUT2D eigenvalue weighted by Crippen LogP contribution is -2.15. The minimum Gasteiger partial charge on any atom is -0.489 e. The molecular formula is C36H38O9. The van der Waals surface area contributed by atoms with Gasteiger partial charge in [0.05, 0.1) is 5.56 Å². The van der Waals surface area contributed by atoms with Crippen molar-refractivity contribution in [2.45, 2.75) is 40.5 Å². The van der Waals surface area contributed by atoms with Crippen LogP contribution in [0.1, 0.15) is 50.0 Å². The summed E-state index contributed by atoms with van der Waals surface area (Å²) in [5, 5.41) is 0. The van der Waals surface area contributed by atoms with Gasteiger partial charge in [-0.25, -0.2) is 14.4 Å². The Morgan fingerprint density at radius 1 is 0.667 bits per heavy atom. The number of benzene rings is 3. The summed E-state index contributed by atoms with van der Waals surface area (Å²) in [6, 6.07) is 18.2. The smallest absolute Gasteiger partial charge is 0.338 e. The average molecular weight is 615 g/mol. The molecule has 45 heavy (non-hydrogen) atoms. The Kier molecular flexibility index (Phi) is 12.7. The molecule has 0 bridgehead atoms. The lowest BCUT2D eigenvalue weighted by Gasteiger charge is -2.16. The van der Waals surface area contributed by atoms with Gasteiger partial charge in [-0.15, -0.1) is 0 Å². The Bertz CT molecular complexity index is 1570. The number of esters is 4. The maximum absolute atomic E-state index is 12.8. The SMILES string of the molecule is C=C(C)C(=O)OCCOC(=O)c1ccc(-c2ccc(-c3ccc(OC(=O)C(=C)C)cc3)c(CC)c2)c(OCCOC(=O)CC)c1. The normalized spacial score (nSPS) is 10.4. The second-order valence-electron chi connectivity index (χ2n) is 10.1. The van der Waals surface area contributed by atoms with Gasteiger partial charge in [-0.05, 0) is 72.9 Å². The van der Waals surface area contributed by atoms with E-state index in [2.05, 4.69) is 26.1 Å². The average Bonchev–Trinajstić information content (AvgIpc) is 3.04. The van der Waals surface area contributed by atoms with Crippen LogP contribution in [0.15, 0.2) is 85.0 Å². The summed E-state index contributed by atoms with van der Waals surface area (Å²) in [5.41, 5.74) is 5.43. The molecule has 3 rings (SSSR count). The van der Waals surface area contributed by atoms with E-state index in [0.29, 0.717) is 17.1 Å². The Hall–Kier alpha value is -5.18. The molecule has 9 heteroatoms. The third kappa shape index (κ3) is 9.92. The lowest BCUT2D eigenvalue weighted by molar-refractivity contribution is -0.144. The van der Waals surface area contributed by atoms with Gasteiger partial charge >= 0.3 is 23.9 Å². The molecule has 0 fully saturated rings. The first-order valence-electron chi connectivity index (χ1n) is 14.6. The lowest BCUT2D eigenvalue weighted by atomic mass is 9.93. The molecule has 0 amide bonds. The fourth-order valence-electron chi connectivity index (χ4n) is 4.12. The molecule has 9 nitrogen and oxygen atoms in total. The van der Waals surface area contributed by atoms with Crippen molar-refractivity contribution < 1.29 is 42.9 Å². The van der Waals surface area contributed by atoms with Gasteiger partial charge in [0, 0.05) is 23.1 Å². The van der Waals surface area contributed by atoms with Crippen LogP contribution in [0.5, 0.6) is 11.5 Å². The molecule has 0 atom stereocenters. The molecule has 3 aromatic rings. The van der Waals surface area contributed by atoms with E-state index in [0.717, 1.165) is 34.2 Å². The molecule has 0 heterocycles. The molecule has 0 aliphatic rings. The quantitative estimate of drug-likeness (QED) is 0.0608. The molecule has 0 saturated carbocycles. The molecule has 0 aromatic heterocycles. The topological polar surface area (TPSA) is 114 Å². The highest BCUT2D eigenvalue weighted by atomic mass is 16.6. The fraction of sp³-hybridized carbons (Fsp3) is 0.278. The van der Waals surface area contributed by atoms with E-state index in [9.17, 15) is 19.2 Å². The van der Waals surface area contributed by atoms with Crippen molar-refractivity contribution >= 4 is 23.9 Å². The number of ether oxygens (including phenoxy) is 5. The second kappa shape index (κ2) is 16.6. The third-order valence-corrected chi connectivity index (χ3v) is 6.53. The van der Waals surface area contributed by atoms with Gasteiger partial charge in [0.25, 0.3) is 0 Å². The number of aryl methyl sites for hydroxylation is 1. The minimum absolute atomic E-state index is 0.0473. The van der Waals surface area contributed by atoms with Crippen molar-refractivity contribution in [1.82, 2.24) is 0 Å². The highest BCUT2D eigenvalue weighted by Gasteiger charge is 2.16. The maximum Gasteiger partial charge on any atom is 0.338 e. The molecule has 0 aliphatic heterocycles. The molecule has 0 N–H and O–H groups in total. The van der Waals surface area contributed by atoms with E-state index < -0.39 is 17.9 Å². The van der Waals surface area contributed by atoms with Crippen LogP contribution in [0, 0.1) is 0 Å². The largest absolute Gasteiger partial charge is 0.489 e. The van der Waals surface area contributed by atoms with E-state index in [1.165, 1.54) is 6.92 Å². The van der Waals surface area contributed by atoms with Crippen LogP contribution in [0.25, 0.3) is 22.3 Å². The Morgan fingerprint density at radius 2 is 1.29 bits per heavy atom. The molecule has 0 radical (unpaired) electrons. The van der Waals surface area contributed by atoms with E-state index >= 15 is 0 Å². The zero-order valence-electron chi connectivity index (χ0n) is 26.1. The molecule has 3 aromatic carbocycles. The van der Waals surface area contributed by atoms with Crippen LogP contribution in [0.3, 0.4) is 0 Å². The van der Waals surface area contributed by atoms with E-state index in [4.69, 9.17) is 23.7 Å². The summed E-state index contributed by atoms with van der Waals surface area (Å²) in [5.74, 6) is -1.16. The van der Waals surface area contributed by atoms with Gasteiger partial charge in [-0.1, -0.05) is 57.3 Å². The number of hydrogen-bond acceptors (Lipinski definition) is 9. The summed E-state index contributed by atoms with van der Waals surface area (Å²) in [4.78, 5) is 47.7. The number of hydrogen-bond donors (Lipinski definition) is 0. The summed E-state index contributed by atoms with van der Waals surface area (Å²) < 4.78 is 26.7. The predicted octanol–water partition coefficient (Wildman–Crippen LogP) is 6.67. The standard InChI is InChI=1S/C36H38O9/c1-7-25-21-27(11-15-30(25)26-9-13-29(14-10-26)45-35(39)24(5)6)31-16-12-28(22-32(31)41-17-18-42-33(37)8-2)36(40)44-20-19-43-34(38)23(3)4/h9-16,21-22H,3,5,7-8,17-20H2,1-2,4,6H3. The summed E-state index contributed by atoms with van der Waals surface area (Å²) in [6.07, 6.45) is 0.988. The third-order valence-electron chi connectivity index (χ3n) is 6.53. The van der Waals surface area contributed by atoms with Crippen LogP contribution in [0.2, 0.25) is 0 Å². The van der Waals surface area contributed by atoms with Crippen LogP contribution < -0.4 is 9.47 Å². The van der Waals surface area contributed by atoms with Gasteiger partial charge < -0.3 is 23.7 Å². The fourth-order valence-corrected chi connectivity index (χ4v) is 4.12. The van der Waals surface area contributed by atoms with E-state index in [-0.39, 0.29) is 50.0 Å². The van der Waals surface area contributed by atoms with Crippen molar-refractivity contribution in [2.24, 2.45) is 0 Å². The highest BCUT2D eigenvalue weighted by molar-refractivity contribution is 5.92. The van der Waals surface area contributed by atoms with E-state index in [1.54, 1.807) is 44.2 Å². The first-order valence-corrected chi connectivity index (χ1v) is 14.6. The number of carbonyl (C=O) groups is 4. The predicted molar refractivity (Wildman–Crippen MR) is 170 cm³/mol. The Labute approximate surface area is 263 Å². The summed E-state index contributed by atoms with van der Waals surface area (Å²) in [7, 11) is 0. The van der Waals surface area contributed by atoms with Gasteiger partial charge in [-0.3, -0.25) is 4.79 Å². The van der Waals surface area contributed by atoms with Gasteiger partial charge in [0.15, 0.2) is 0 Å². The Balaban J connectivity index is 1.85. The zero-order chi connectivity index (χ0) is 32.9. The molecule has 0 unspecified atom stereocenters. The van der Waals surface area contributed by atoms with Crippen molar-refractivity contribution in [1.29, 1.82) is 0 Å². The zero-order valence-corrected chi connectivity index (χ0v) is 26.1. The van der Waals surface area contributed by atoms with Crippen LogP contribution in [-0.4, -0.2) is 50.3 Å². The number of carbonyl (C=O) groups excluding carboxylic acids is 4. The molecular weight excluding hydrogens is 576 g/mol. The van der Waals surface area contributed by atoms with Crippen molar-refractivity contribution in [3.8, 4) is 33.8 Å². The highest BCUT2D eigenvalue weighted by Crippen LogP contribution is 2.35. The molecule has 236 valence electrons. The Morgan fingerprint density at radius 3 is 1.93 bits per heavy atom. The number of rotatable bonds is 15. The van der Waals surface area contributed by atoms with Crippen LogP contribution >= 0.6 is 0 Å². The van der Waals surface area contributed by atoms with Crippen molar-refractivity contribution in [2.75, 3.05) is 26.4 Å². The maximum atomic E-state index is 12.8. The summed E-state index contributed by atoms with van der Waals surface area (Å²) in [6.45, 7) is 13.9. The molecule has 0 aliphatic carbocycles. The van der Waals surface area contributed by atoms with Crippen molar-refractivity contribution in [3.05, 3.63) is 96.1 Å². The molecule has 0 spiro atoms. The summed E-state index contributed by atoms with van der Waals surface area (Å²) >= 11 is 0. The van der Waals surface area contributed by atoms with Gasteiger partial charge in [0.1, 0.15) is 37.9 Å². The van der Waals surface area contributed by atoms with E-state index in [1.807, 2.05) is 24.3 Å². The van der Waals surface area contributed by atoms with Crippen LogP contribution in [-0.2, 0) is 35.0 Å². The first-order chi connectivity index (χ1) is 21.5. The van der Waals surface area contributed by atoms with Crippen LogP contribution in [0.4, 0.5) is 0 Å². The first kappa shape index (κ1) is 34.3. The van der Waals surface area contributed by atoms with Crippen molar-refractivity contribution in [3.63, 3.8) is 0 Å². The minimum atomic E-state index is -0.614. The monoisotopic (exact) mass is 614 g/mol. The second-order valence-corrected chi connectivity index (χ2v) is 10.1. The molecule has 0 saturated heterocycles. The van der Waals surface area contributed by atoms with Gasteiger partial charge in [-0.2, -0.15) is 0 Å².